The number of benzene rings is 2. The lowest BCUT2D eigenvalue weighted by Gasteiger charge is -2.35. The molecule has 0 unspecified atom stereocenters. The van der Waals surface area contributed by atoms with Gasteiger partial charge in [-0.2, -0.15) is 4.37 Å². The van der Waals surface area contributed by atoms with Crippen molar-refractivity contribution in [3.8, 4) is 0 Å². The molecule has 7 heteroatoms. The Hall–Kier alpha value is -2.64. The molecule has 6 nitrogen and oxygen atoms in total. The SMILES string of the molecule is O=C(Nc1ccc(CCN2CCN(c3nsc4ccccc34)CC2)cc1)NC1CCCC1. The summed E-state index contributed by atoms with van der Waals surface area (Å²) in [5, 5.41) is 7.30. The average Bonchev–Trinajstić information content (AvgIpc) is 3.49. The minimum Gasteiger partial charge on any atom is -0.353 e. The number of nitrogens with one attached hydrogen (secondary N) is 2. The number of aromatic nitrogens is 1. The van der Waals surface area contributed by atoms with E-state index in [2.05, 4.69) is 56.8 Å². The number of hydrogen-bond donors (Lipinski definition) is 2. The van der Waals surface area contributed by atoms with Gasteiger partial charge in [0.05, 0.1) is 4.70 Å². The second-order valence-corrected chi connectivity index (χ2v) is 9.66. The number of anilines is 2. The Balaban J connectivity index is 1.07. The van der Waals surface area contributed by atoms with Crippen LogP contribution in [0.15, 0.2) is 48.5 Å². The summed E-state index contributed by atoms with van der Waals surface area (Å²) < 4.78 is 5.97. The Morgan fingerprint density at radius 1 is 1.00 bits per heavy atom. The Labute approximate surface area is 193 Å². The summed E-state index contributed by atoms with van der Waals surface area (Å²) in [5.74, 6) is 1.14. The van der Waals surface area contributed by atoms with Crippen molar-refractivity contribution < 1.29 is 4.79 Å². The van der Waals surface area contributed by atoms with Crippen LogP contribution in [0.2, 0.25) is 0 Å². The second-order valence-electron chi connectivity index (χ2n) is 8.86. The minimum absolute atomic E-state index is 0.0876. The predicted octanol–water partition coefficient (Wildman–Crippen LogP) is 4.73. The molecule has 1 saturated heterocycles. The van der Waals surface area contributed by atoms with Crippen molar-refractivity contribution in [2.24, 2.45) is 0 Å². The molecule has 0 radical (unpaired) electrons. The minimum atomic E-state index is -0.0876. The summed E-state index contributed by atoms with van der Waals surface area (Å²) in [7, 11) is 0. The smallest absolute Gasteiger partial charge is 0.319 e. The maximum Gasteiger partial charge on any atom is 0.319 e. The van der Waals surface area contributed by atoms with Crippen LogP contribution in [0.5, 0.6) is 0 Å². The first kappa shape index (κ1) is 21.2. The third-order valence-electron chi connectivity index (χ3n) is 6.65. The number of carbonyl (C=O) groups excluding carboxylic acids is 1. The molecular weight excluding hydrogens is 418 g/mol. The van der Waals surface area contributed by atoms with Crippen molar-refractivity contribution >= 4 is 39.2 Å². The van der Waals surface area contributed by atoms with Gasteiger partial charge in [-0.05, 0) is 60.6 Å². The first-order valence-corrected chi connectivity index (χ1v) is 12.5. The van der Waals surface area contributed by atoms with Crippen LogP contribution in [0.3, 0.4) is 0 Å². The van der Waals surface area contributed by atoms with E-state index in [1.165, 1.54) is 28.5 Å². The van der Waals surface area contributed by atoms with E-state index < -0.39 is 0 Å². The van der Waals surface area contributed by atoms with Crippen molar-refractivity contribution in [1.82, 2.24) is 14.6 Å². The number of rotatable bonds is 6. The second kappa shape index (κ2) is 9.88. The van der Waals surface area contributed by atoms with E-state index in [1.54, 1.807) is 11.5 Å². The topological polar surface area (TPSA) is 60.5 Å². The molecule has 0 spiro atoms. The third kappa shape index (κ3) is 5.05. The fourth-order valence-corrected chi connectivity index (χ4v) is 5.54. The molecule has 0 bridgehead atoms. The van der Waals surface area contributed by atoms with Crippen molar-refractivity contribution in [2.45, 2.75) is 38.1 Å². The fraction of sp³-hybridized carbons (Fsp3) is 0.440. The van der Waals surface area contributed by atoms with Crippen LogP contribution in [0, 0.1) is 0 Å². The van der Waals surface area contributed by atoms with Gasteiger partial charge in [-0.15, -0.1) is 0 Å². The van der Waals surface area contributed by atoms with Crippen molar-refractivity contribution in [3.63, 3.8) is 0 Å². The van der Waals surface area contributed by atoms with Crippen LogP contribution in [-0.2, 0) is 6.42 Å². The molecule has 2 heterocycles. The molecule has 0 atom stereocenters. The van der Waals surface area contributed by atoms with Crippen LogP contribution in [0.25, 0.3) is 10.1 Å². The van der Waals surface area contributed by atoms with Gasteiger partial charge in [-0.25, -0.2) is 4.79 Å². The molecule has 2 fully saturated rings. The van der Waals surface area contributed by atoms with Crippen molar-refractivity contribution in [2.75, 3.05) is 42.9 Å². The molecule has 1 aromatic heterocycles. The average molecular weight is 450 g/mol. The molecule has 2 aromatic carbocycles. The first-order valence-electron chi connectivity index (χ1n) is 11.7. The van der Waals surface area contributed by atoms with Gasteiger partial charge in [-0.1, -0.05) is 37.1 Å². The van der Waals surface area contributed by atoms with Gasteiger partial charge in [-0.3, -0.25) is 4.90 Å². The molecule has 1 saturated carbocycles. The van der Waals surface area contributed by atoms with Gasteiger partial charge in [0.15, 0.2) is 0 Å². The number of amides is 2. The molecule has 2 amide bonds. The molecule has 1 aliphatic carbocycles. The predicted molar refractivity (Wildman–Crippen MR) is 133 cm³/mol. The number of carbonyl (C=O) groups is 1. The number of nitrogens with zero attached hydrogens (tertiary/aromatic N) is 3. The maximum absolute atomic E-state index is 12.1. The van der Waals surface area contributed by atoms with Gasteiger partial charge >= 0.3 is 6.03 Å². The molecule has 2 N–H and O–H groups in total. The summed E-state index contributed by atoms with van der Waals surface area (Å²) >= 11 is 1.59. The lowest BCUT2D eigenvalue weighted by atomic mass is 10.1. The zero-order valence-corrected chi connectivity index (χ0v) is 19.2. The highest BCUT2D eigenvalue weighted by Gasteiger charge is 2.20. The molecular formula is C25H31N5OS. The lowest BCUT2D eigenvalue weighted by Crippen LogP contribution is -2.47. The highest BCUT2D eigenvalue weighted by atomic mass is 32.1. The van der Waals surface area contributed by atoms with Gasteiger partial charge in [0.1, 0.15) is 5.82 Å². The van der Waals surface area contributed by atoms with Crippen LogP contribution in [-0.4, -0.2) is 54.1 Å². The quantitative estimate of drug-likeness (QED) is 0.571. The van der Waals surface area contributed by atoms with Crippen LogP contribution < -0.4 is 15.5 Å². The van der Waals surface area contributed by atoms with E-state index in [1.807, 2.05) is 12.1 Å². The van der Waals surface area contributed by atoms with Gasteiger partial charge in [0, 0.05) is 49.8 Å². The largest absolute Gasteiger partial charge is 0.353 e. The van der Waals surface area contributed by atoms with Crippen molar-refractivity contribution in [1.29, 1.82) is 0 Å². The van der Waals surface area contributed by atoms with Gasteiger partial charge in [0.25, 0.3) is 0 Å². The zero-order chi connectivity index (χ0) is 21.8. The molecule has 32 heavy (non-hydrogen) atoms. The van der Waals surface area contributed by atoms with Gasteiger partial charge < -0.3 is 15.5 Å². The molecule has 5 rings (SSSR count). The van der Waals surface area contributed by atoms with E-state index in [0.717, 1.165) is 63.5 Å². The van der Waals surface area contributed by atoms with Gasteiger partial charge in [0.2, 0.25) is 0 Å². The normalized spacial score (nSPS) is 17.7. The molecule has 2 aliphatic rings. The summed E-state index contributed by atoms with van der Waals surface area (Å²) in [5.41, 5.74) is 2.16. The Kier molecular flexibility index (Phi) is 6.55. The highest BCUT2D eigenvalue weighted by Crippen LogP contribution is 2.29. The Morgan fingerprint density at radius 2 is 1.75 bits per heavy atom. The van der Waals surface area contributed by atoms with Crippen LogP contribution in [0.1, 0.15) is 31.2 Å². The monoisotopic (exact) mass is 449 g/mol. The maximum atomic E-state index is 12.1. The number of piperazine rings is 1. The van der Waals surface area contributed by atoms with E-state index in [0.29, 0.717) is 6.04 Å². The summed E-state index contributed by atoms with van der Waals surface area (Å²) in [6, 6.07) is 17.0. The standard InChI is InChI=1S/C25H31N5OS/c31-25(26-20-5-1-2-6-20)27-21-11-9-19(10-12-21)13-14-29-15-17-30(18-16-29)24-22-7-3-4-8-23(22)32-28-24/h3-4,7-12,20H,1-2,5-6,13-18H2,(H2,26,27,31). The fourth-order valence-electron chi connectivity index (χ4n) is 4.75. The van der Waals surface area contributed by atoms with Crippen LogP contribution in [0.4, 0.5) is 16.3 Å². The summed E-state index contributed by atoms with van der Waals surface area (Å²) in [6.07, 6.45) is 5.66. The molecule has 1 aliphatic heterocycles. The Bertz CT molecular complexity index is 1040. The van der Waals surface area contributed by atoms with E-state index in [4.69, 9.17) is 4.37 Å². The van der Waals surface area contributed by atoms with E-state index in [-0.39, 0.29) is 6.03 Å². The number of urea groups is 1. The van der Waals surface area contributed by atoms with E-state index >= 15 is 0 Å². The molecule has 3 aromatic rings. The number of hydrogen-bond acceptors (Lipinski definition) is 5. The summed E-state index contributed by atoms with van der Waals surface area (Å²) in [4.78, 5) is 17.1. The van der Waals surface area contributed by atoms with E-state index in [9.17, 15) is 4.79 Å². The van der Waals surface area contributed by atoms with Crippen LogP contribution >= 0.6 is 11.5 Å². The zero-order valence-electron chi connectivity index (χ0n) is 18.4. The number of fused-ring (bicyclic) bond motifs is 1. The third-order valence-corrected chi connectivity index (χ3v) is 7.47. The lowest BCUT2D eigenvalue weighted by molar-refractivity contribution is 0.248. The van der Waals surface area contributed by atoms with Crippen molar-refractivity contribution in [3.05, 3.63) is 54.1 Å². The first-order chi connectivity index (χ1) is 15.7. The highest BCUT2D eigenvalue weighted by molar-refractivity contribution is 7.13. The molecule has 168 valence electrons. The Morgan fingerprint density at radius 3 is 2.53 bits per heavy atom. The summed E-state index contributed by atoms with van der Waals surface area (Å²) in [6.45, 7) is 5.22.